The highest BCUT2D eigenvalue weighted by Gasteiger charge is 2.09. The van der Waals surface area contributed by atoms with Crippen LogP contribution >= 0.6 is 0 Å². The molecule has 4 aromatic rings. The van der Waals surface area contributed by atoms with E-state index in [1.165, 1.54) is 12.1 Å². The Kier molecular flexibility index (Phi) is 5.80. The molecule has 0 unspecified atom stereocenters. The molecule has 1 heterocycles. The van der Waals surface area contributed by atoms with Crippen LogP contribution < -0.4 is 4.74 Å². The van der Waals surface area contributed by atoms with Crippen LogP contribution in [0.4, 0.5) is 4.39 Å². The highest BCUT2D eigenvalue weighted by atomic mass is 19.1. The molecule has 0 aliphatic heterocycles. The van der Waals surface area contributed by atoms with Gasteiger partial charge in [-0.15, -0.1) is 0 Å². The van der Waals surface area contributed by atoms with E-state index in [1.54, 1.807) is 54.6 Å². The third kappa shape index (κ3) is 4.89. The predicted octanol–water partition coefficient (Wildman–Crippen LogP) is 5.96. The molecule has 148 valence electrons. The fourth-order valence-corrected chi connectivity index (χ4v) is 2.87. The quantitative estimate of drug-likeness (QED) is 0.284. The normalized spacial score (nSPS) is 11.0. The first-order chi connectivity index (χ1) is 14.7. The number of carbonyl (C=O) groups excluding carboxylic acids is 1. The van der Waals surface area contributed by atoms with Crippen molar-refractivity contribution in [3.63, 3.8) is 0 Å². The number of hydrogen-bond donors (Lipinski definition) is 0. The smallest absolute Gasteiger partial charge is 0.185 e. The van der Waals surface area contributed by atoms with Gasteiger partial charge in [0.05, 0.1) is 0 Å². The molecule has 0 bridgehead atoms. The van der Waals surface area contributed by atoms with Gasteiger partial charge in [-0.05, 0) is 48.0 Å². The van der Waals surface area contributed by atoms with Crippen molar-refractivity contribution >= 4 is 11.9 Å². The van der Waals surface area contributed by atoms with Crippen molar-refractivity contribution < 1.29 is 18.4 Å². The highest BCUT2D eigenvalue weighted by Crippen LogP contribution is 2.21. The van der Waals surface area contributed by atoms with E-state index >= 15 is 0 Å². The van der Waals surface area contributed by atoms with Crippen LogP contribution in [0, 0.1) is 5.82 Å². The molecule has 0 saturated carbocycles. The molecule has 0 amide bonds. The number of carbonyl (C=O) groups is 1. The number of hydrogen-bond acceptors (Lipinski definition) is 4. The summed E-state index contributed by atoms with van der Waals surface area (Å²) in [5.41, 5.74) is 2.72. The summed E-state index contributed by atoms with van der Waals surface area (Å²) in [4.78, 5) is 12.3. The molecule has 5 heteroatoms. The number of benzene rings is 3. The minimum absolute atomic E-state index is 0.0830. The Morgan fingerprint density at radius 2 is 1.77 bits per heavy atom. The molecule has 0 aliphatic carbocycles. The van der Waals surface area contributed by atoms with Gasteiger partial charge >= 0.3 is 0 Å². The second kappa shape index (κ2) is 9.01. The Labute approximate surface area is 173 Å². The Balaban J connectivity index is 1.35. The Morgan fingerprint density at radius 3 is 2.53 bits per heavy atom. The summed E-state index contributed by atoms with van der Waals surface area (Å²) >= 11 is 0. The van der Waals surface area contributed by atoms with Crippen LogP contribution in [0.1, 0.15) is 21.7 Å². The summed E-state index contributed by atoms with van der Waals surface area (Å²) in [6.45, 7) is 0.170. The average Bonchev–Trinajstić information content (AvgIpc) is 3.26. The van der Waals surface area contributed by atoms with Crippen molar-refractivity contribution in [2.75, 3.05) is 0 Å². The van der Waals surface area contributed by atoms with Crippen LogP contribution in [0.2, 0.25) is 0 Å². The van der Waals surface area contributed by atoms with Crippen LogP contribution in [-0.4, -0.2) is 10.9 Å². The number of allylic oxidation sites excluding steroid dienone is 1. The van der Waals surface area contributed by atoms with Gasteiger partial charge in [0.25, 0.3) is 0 Å². The van der Waals surface area contributed by atoms with Crippen LogP contribution in [-0.2, 0) is 6.61 Å². The van der Waals surface area contributed by atoms with Crippen LogP contribution in [0.15, 0.2) is 95.5 Å². The van der Waals surface area contributed by atoms with E-state index in [0.717, 1.165) is 5.56 Å². The second-order valence-electron chi connectivity index (χ2n) is 6.61. The summed E-state index contributed by atoms with van der Waals surface area (Å²) in [5, 5.41) is 3.95. The van der Waals surface area contributed by atoms with Gasteiger partial charge in [0.1, 0.15) is 23.9 Å². The molecule has 4 rings (SSSR count). The standard InChI is InChI=1S/C25H18FNO3/c26-21-8-4-7-20(15-21)24-16-23(30-27-24)17-29-22-12-10-19(11-13-22)25(28)14-9-18-5-2-1-3-6-18/h1-16H,17H2/b14-9+. The van der Waals surface area contributed by atoms with Crippen LogP contribution in [0.25, 0.3) is 17.3 Å². The van der Waals surface area contributed by atoms with Gasteiger partial charge in [0, 0.05) is 17.2 Å². The molecule has 0 saturated heterocycles. The number of halogens is 1. The number of nitrogens with zero attached hydrogens (tertiary/aromatic N) is 1. The lowest BCUT2D eigenvalue weighted by Gasteiger charge is -2.04. The summed E-state index contributed by atoms with van der Waals surface area (Å²) < 4.78 is 24.3. The Hall–Kier alpha value is -3.99. The van der Waals surface area contributed by atoms with Gasteiger partial charge in [0.15, 0.2) is 11.5 Å². The van der Waals surface area contributed by atoms with E-state index in [4.69, 9.17) is 9.26 Å². The second-order valence-corrected chi connectivity index (χ2v) is 6.61. The van der Waals surface area contributed by atoms with Crippen LogP contribution in [0.5, 0.6) is 5.75 Å². The van der Waals surface area contributed by atoms with Gasteiger partial charge in [-0.1, -0.05) is 53.7 Å². The lowest BCUT2D eigenvalue weighted by atomic mass is 10.1. The number of ketones is 1. The fourth-order valence-electron chi connectivity index (χ4n) is 2.87. The first-order valence-corrected chi connectivity index (χ1v) is 9.39. The van der Waals surface area contributed by atoms with E-state index in [1.807, 2.05) is 30.3 Å². The summed E-state index contributed by atoms with van der Waals surface area (Å²) in [7, 11) is 0. The Bertz CT molecular complexity index is 1160. The predicted molar refractivity (Wildman–Crippen MR) is 112 cm³/mol. The number of aromatic nitrogens is 1. The highest BCUT2D eigenvalue weighted by molar-refractivity contribution is 6.06. The van der Waals surface area contributed by atoms with Crippen molar-refractivity contribution in [3.05, 3.63) is 114 Å². The van der Waals surface area contributed by atoms with Crippen LogP contribution in [0.3, 0.4) is 0 Å². The van der Waals surface area contributed by atoms with E-state index in [2.05, 4.69) is 5.16 Å². The van der Waals surface area contributed by atoms with E-state index in [0.29, 0.717) is 28.3 Å². The van der Waals surface area contributed by atoms with Gasteiger partial charge < -0.3 is 9.26 Å². The first kappa shape index (κ1) is 19.3. The minimum Gasteiger partial charge on any atom is -0.486 e. The summed E-state index contributed by atoms with van der Waals surface area (Å²) in [6, 6.07) is 24.4. The molecule has 30 heavy (non-hydrogen) atoms. The maximum absolute atomic E-state index is 13.3. The van der Waals surface area contributed by atoms with Crippen molar-refractivity contribution in [1.29, 1.82) is 0 Å². The molecule has 1 aromatic heterocycles. The summed E-state index contributed by atoms with van der Waals surface area (Å²) in [6.07, 6.45) is 3.33. The zero-order valence-corrected chi connectivity index (χ0v) is 16.0. The van der Waals surface area contributed by atoms with Gasteiger partial charge in [-0.25, -0.2) is 4.39 Å². The SMILES string of the molecule is O=C(/C=C/c1ccccc1)c1ccc(OCc2cc(-c3cccc(F)c3)no2)cc1. The third-order valence-electron chi connectivity index (χ3n) is 4.43. The monoisotopic (exact) mass is 399 g/mol. The zero-order chi connectivity index (χ0) is 20.8. The first-order valence-electron chi connectivity index (χ1n) is 9.39. The molecule has 0 aliphatic rings. The molecule has 0 fully saturated rings. The van der Waals surface area contributed by atoms with E-state index in [-0.39, 0.29) is 18.2 Å². The van der Waals surface area contributed by atoms with Gasteiger partial charge in [-0.3, -0.25) is 4.79 Å². The molecule has 3 aromatic carbocycles. The molecular formula is C25H18FNO3. The van der Waals surface area contributed by atoms with Crippen molar-refractivity contribution in [2.45, 2.75) is 6.61 Å². The number of ether oxygens (including phenoxy) is 1. The number of rotatable bonds is 7. The lowest BCUT2D eigenvalue weighted by molar-refractivity contribution is 0.104. The molecular weight excluding hydrogens is 381 g/mol. The Morgan fingerprint density at radius 1 is 0.967 bits per heavy atom. The topological polar surface area (TPSA) is 52.3 Å². The van der Waals surface area contributed by atoms with Crippen molar-refractivity contribution in [2.24, 2.45) is 0 Å². The molecule has 0 spiro atoms. The van der Waals surface area contributed by atoms with Crippen molar-refractivity contribution in [3.8, 4) is 17.0 Å². The molecule has 4 nitrogen and oxygen atoms in total. The molecule has 0 atom stereocenters. The van der Waals surface area contributed by atoms with Crippen molar-refractivity contribution in [1.82, 2.24) is 5.16 Å². The largest absolute Gasteiger partial charge is 0.486 e. The van der Waals surface area contributed by atoms with Gasteiger partial charge in [-0.2, -0.15) is 0 Å². The van der Waals surface area contributed by atoms with E-state index < -0.39 is 0 Å². The lowest BCUT2D eigenvalue weighted by Crippen LogP contribution is -1.96. The maximum atomic E-state index is 13.3. The van der Waals surface area contributed by atoms with E-state index in [9.17, 15) is 9.18 Å². The molecule has 0 radical (unpaired) electrons. The zero-order valence-electron chi connectivity index (χ0n) is 16.0. The average molecular weight is 399 g/mol. The fraction of sp³-hybridized carbons (Fsp3) is 0.0400. The minimum atomic E-state index is -0.332. The third-order valence-corrected chi connectivity index (χ3v) is 4.43. The maximum Gasteiger partial charge on any atom is 0.185 e. The van der Waals surface area contributed by atoms with Gasteiger partial charge in [0.2, 0.25) is 0 Å². The molecule has 0 N–H and O–H groups in total. The summed E-state index contributed by atoms with van der Waals surface area (Å²) in [5.74, 6) is 0.699.